The van der Waals surface area contributed by atoms with Crippen molar-refractivity contribution in [3.63, 3.8) is 0 Å². The number of amides is 1. The van der Waals surface area contributed by atoms with Crippen LogP contribution in [0.5, 0.6) is 11.5 Å². The average Bonchev–Trinajstić information content (AvgIpc) is 3.37. The molecule has 0 aliphatic rings. The number of ether oxygens (including phenoxy) is 2. The molecule has 4 aromatic carbocycles. The quantitative estimate of drug-likeness (QED) is 0.120. The van der Waals surface area contributed by atoms with Crippen LogP contribution in [0.15, 0.2) is 110 Å². The zero-order chi connectivity index (χ0) is 29.1. The maximum absolute atomic E-state index is 12.7. The Labute approximate surface area is 247 Å². The summed E-state index contributed by atoms with van der Waals surface area (Å²) in [5.41, 5.74) is 6.48. The molecule has 0 radical (unpaired) electrons. The van der Waals surface area contributed by atoms with Gasteiger partial charge in [-0.1, -0.05) is 78.9 Å². The molecule has 0 saturated heterocycles. The molecular weight excluding hydrogens is 522 g/mol. The average molecular weight is 560 g/mol. The van der Waals surface area contributed by atoms with Crippen LogP contribution in [0.4, 0.5) is 0 Å². The van der Waals surface area contributed by atoms with Gasteiger partial charge in [0.1, 0.15) is 5.82 Å². The van der Waals surface area contributed by atoms with Gasteiger partial charge in [-0.2, -0.15) is 0 Å². The third-order valence-corrected chi connectivity index (χ3v) is 7.22. The van der Waals surface area contributed by atoms with Crippen molar-refractivity contribution in [1.82, 2.24) is 14.9 Å². The lowest BCUT2D eigenvalue weighted by atomic mass is 10.0. The first-order valence-electron chi connectivity index (χ1n) is 14.4. The summed E-state index contributed by atoms with van der Waals surface area (Å²) in [6, 6.07) is 32.5. The summed E-state index contributed by atoms with van der Waals surface area (Å²) >= 11 is 0. The van der Waals surface area contributed by atoms with E-state index in [1.54, 1.807) is 7.11 Å². The fourth-order valence-electron chi connectivity index (χ4n) is 5.10. The fraction of sp³-hybridized carbons (Fsp3) is 0.222. The zero-order valence-electron chi connectivity index (χ0n) is 24.1. The van der Waals surface area contributed by atoms with E-state index in [2.05, 4.69) is 46.8 Å². The Hall–Kier alpha value is -4.84. The highest BCUT2D eigenvalue weighted by Gasteiger charge is 2.12. The van der Waals surface area contributed by atoms with E-state index >= 15 is 0 Å². The van der Waals surface area contributed by atoms with Crippen LogP contribution in [-0.4, -0.2) is 35.7 Å². The number of hydrogen-bond acceptors (Lipinski definition) is 4. The molecule has 0 bridgehead atoms. The number of benzene rings is 4. The standard InChI is InChI=1S/C36H37N3O3/c1-3-10-27-17-20-33(34(25-27)41-2)42-24-9-23-39-32-14-8-7-13-31(32)38-35(39)21-22-37-36(40)26-28-15-18-30(19-16-28)29-11-5-4-6-12-29/h3-8,11-20,25H,1,9-10,21-24,26H2,2H3,(H,37,40). The van der Waals surface area contributed by atoms with Crippen molar-refractivity contribution in [3.05, 3.63) is 127 Å². The summed E-state index contributed by atoms with van der Waals surface area (Å²) in [6.45, 7) is 5.63. The van der Waals surface area contributed by atoms with E-state index in [9.17, 15) is 4.79 Å². The van der Waals surface area contributed by atoms with E-state index in [1.165, 1.54) is 5.56 Å². The molecule has 1 aromatic heterocycles. The van der Waals surface area contributed by atoms with E-state index in [1.807, 2.05) is 72.8 Å². The van der Waals surface area contributed by atoms with Gasteiger partial charge in [-0.25, -0.2) is 4.98 Å². The third kappa shape index (κ3) is 7.26. The molecule has 214 valence electrons. The first-order chi connectivity index (χ1) is 20.6. The third-order valence-electron chi connectivity index (χ3n) is 7.22. The number of para-hydroxylation sites is 2. The number of carbonyl (C=O) groups excluding carboxylic acids is 1. The molecule has 0 saturated carbocycles. The van der Waals surface area contributed by atoms with Gasteiger partial charge in [0.2, 0.25) is 5.91 Å². The molecule has 1 N–H and O–H groups in total. The lowest BCUT2D eigenvalue weighted by Crippen LogP contribution is -2.28. The highest BCUT2D eigenvalue weighted by molar-refractivity contribution is 5.79. The molecule has 0 fully saturated rings. The van der Waals surface area contributed by atoms with Crippen LogP contribution in [0, 0.1) is 0 Å². The number of aromatic nitrogens is 2. The molecule has 42 heavy (non-hydrogen) atoms. The second kappa shape index (κ2) is 14.2. The predicted octanol–water partition coefficient (Wildman–Crippen LogP) is 6.81. The van der Waals surface area contributed by atoms with Crippen molar-refractivity contribution in [2.75, 3.05) is 20.3 Å². The van der Waals surface area contributed by atoms with E-state index in [-0.39, 0.29) is 5.91 Å². The second-order valence-corrected chi connectivity index (χ2v) is 10.2. The summed E-state index contributed by atoms with van der Waals surface area (Å²) in [4.78, 5) is 17.6. The number of hydrogen-bond donors (Lipinski definition) is 1. The zero-order valence-corrected chi connectivity index (χ0v) is 24.1. The van der Waals surface area contributed by atoms with Gasteiger partial charge in [0.05, 0.1) is 31.2 Å². The lowest BCUT2D eigenvalue weighted by molar-refractivity contribution is -0.120. The number of methoxy groups -OCH3 is 1. The molecule has 6 nitrogen and oxygen atoms in total. The molecule has 5 rings (SSSR count). The Balaban J connectivity index is 1.15. The van der Waals surface area contributed by atoms with Gasteiger partial charge in [0.25, 0.3) is 0 Å². The van der Waals surface area contributed by atoms with Crippen LogP contribution in [0.3, 0.4) is 0 Å². The van der Waals surface area contributed by atoms with Crippen molar-refractivity contribution < 1.29 is 14.3 Å². The van der Waals surface area contributed by atoms with Gasteiger partial charge in [0.15, 0.2) is 11.5 Å². The van der Waals surface area contributed by atoms with Crippen LogP contribution in [0.2, 0.25) is 0 Å². The largest absolute Gasteiger partial charge is 0.493 e. The van der Waals surface area contributed by atoms with E-state index in [0.717, 1.165) is 64.4 Å². The Kier molecular flexibility index (Phi) is 9.68. The molecule has 0 spiro atoms. The van der Waals surface area contributed by atoms with Crippen LogP contribution >= 0.6 is 0 Å². The summed E-state index contributed by atoms with van der Waals surface area (Å²) in [7, 11) is 1.66. The highest BCUT2D eigenvalue weighted by atomic mass is 16.5. The molecule has 0 aliphatic heterocycles. The van der Waals surface area contributed by atoms with E-state index in [0.29, 0.717) is 26.0 Å². The molecule has 1 heterocycles. The molecular formula is C36H37N3O3. The summed E-state index contributed by atoms with van der Waals surface area (Å²) < 4.78 is 13.8. The predicted molar refractivity (Wildman–Crippen MR) is 169 cm³/mol. The summed E-state index contributed by atoms with van der Waals surface area (Å²) in [5.74, 6) is 2.42. The van der Waals surface area contributed by atoms with Crippen LogP contribution < -0.4 is 14.8 Å². The van der Waals surface area contributed by atoms with Gasteiger partial charge < -0.3 is 19.4 Å². The smallest absolute Gasteiger partial charge is 0.224 e. The van der Waals surface area contributed by atoms with Gasteiger partial charge >= 0.3 is 0 Å². The van der Waals surface area contributed by atoms with Gasteiger partial charge in [0, 0.05) is 19.5 Å². The number of aryl methyl sites for hydroxylation is 1. The second-order valence-electron chi connectivity index (χ2n) is 10.2. The molecule has 0 atom stereocenters. The number of nitrogens with one attached hydrogen (secondary N) is 1. The Morgan fingerprint density at radius 2 is 1.64 bits per heavy atom. The number of imidazole rings is 1. The first-order valence-corrected chi connectivity index (χ1v) is 14.4. The topological polar surface area (TPSA) is 65.4 Å². The van der Waals surface area contributed by atoms with E-state index < -0.39 is 0 Å². The van der Waals surface area contributed by atoms with Crippen LogP contribution in [0.25, 0.3) is 22.2 Å². The van der Waals surface area contributed by atoms with Crippen molar-refractivity contribution >= 4 is 16.9 Å². The number of carbonyl (C=O) groups is 1. The number of allylic oxidation sites excluding steroid dienone is 1. The molecule has 0 aliphatic carbocycles. The van der Waals surface area contributed by atoms with Crippen molar-refractivity contribution in [3.8, 4) is 22.6 Å². The van der Waals surface area contributed by atoms with E-state index in [4.69, 9.17) is 14.5 Å². The highest BCUT2D eigenvalue weighted by Crippen LogP contribution is 2.28. The van der Waals surface area contributed by atoms with Gasteiger partial charge in [-0.05, 0) is 59.4 Å². The van der Waals surface area contributed by atoms with Crippen molar-refractivity contribution in [2.45, 2.75) is 32.2 Å². The maximum atomic E-state index is 12.7. The van der Waals surface area contributed by atoms with Crippen molar-refractivity contribution in [1.29, 1.82) is 0 Å². The first kappa shape index (κ1) is 28.7. The Bertz CT molecular complexity index is 1620. The molecule has 6 heteroatoms. The minimum atomic E-state index is 0.00609. The van der Waals surface area contributed by atoms with Crippen LogP contribution in [-0.2, 0) is 30.6 Å². The Morgan fingerprint density at radius 1 is 0.905 bits per heavy atom. The number of fused-ring (bicyclic) bond motifs is 1. The minimum Gasteiger partial charge on any atom is -0.493 e. The molecule has 5 aromatic rings. The van der Waals surface area contributed by atoms with Gasteiger partial charge in [-0.15, -0.1) is 6.58 Å². The minimum absolute atomic E-state index is 0.00609. The number of rotatable bonds is 14. The van der Waals surface area contributed by atoms with Gasteiger partial charge in [-0.3, -0.25) is 4.79 Å². The van der Waals surface area contributed by atoms with Crippen molar-refractivity contribution in [2.24, 2.45) is 0 Å². The Morgan fingerprint density at radius 3 is 2.43 bits per heavy atom. The number of nitrogens with zero attached hydrogens (tertiary/aromatic N) is 2. The normalized spacial score (nSPS) is 10.9. The molecule has 0 unspecified atom stereocenters. The molecule has 1 amide bonds. The maximum Gasteiger partial charge on any atom is 0.224 e. The summed E-state index contributed by atoms with van der Waals surface area (Å²) in [5, 5.41) is 3.08. The lowest BCUT2D eigenvalue weighted by Gasteiger charge is -2.13. The van der Waals surface area contributed by atoms with Crippen LogP contribution in [0.1, 0.15) is 23.4 Å². The summed E-state index contributed by atoms with van der Waals surface area (Å²) in [6.07, 6.45) is 4.46. The SMILES string of the molecule is C=CCc1ccc(OCCCn2c(CCNC(=O)Cc3ccc(-c4ccccc4)cc3)nc3ccccc32)c(OC)c1. The monoisotopic (exact) mass is 559 g/mol. The fourth-order valence-corrected chi connectivity index (χ4v) is 5.10.